The maximum Gasteiger partial charge on any atom is 0.374 e. The van der Waals surface area contributed by atoms with Gasteiger partial charge in [-0.05, 0) is 54.9 Å². The molecule has 6 rings (SSSR count). The molecule has 5 fully saturated rings. The number of benzene rings is 1. The predicted molar refractivity (Wildman–Crippen MR) is 82.4 cm³/mol. The summed E-state index contributed by atoms with van der Waals surface area (Å²) in [6.45, 7) is 0.349. The minimum absolute atomic E-state index is 0.0306. The molecule has 7 heteroatoms. The molecule has 4 N–H and O–H groups in total. The van der Waals surface area contributed by atoms with Crippen molar-refractivity contribution in [2.24, 2.45) is 17.8 Å². The summed E-state index contributed by atoms with van der Waals surface area (Å²) in [6.07, 6.45) is 2.18. The molecule has 4 bridgehead atoms. The Morgan fingerprint density at radius 2 is 2.12 bits per heavy atom. The second-order valence-corrected chi connectivity index (χ2v) is 6.67. The maximum absolute atomic E-state index is 12.0. The van der Waals surface area contributed by atoms with Gasteiger partial charge in [-0.2, -0.15) is 0 Å². The van der Waals surface area contributed by atoms with Gasteiger partial charge in [0.1, 0.15) is 11.5 Å². The van der Waals surface area contributed by atoms with Crippen LogP contribution in [0, 0.1) is 17.8 Å². The van der Waals surface area contributed by atoms with E-state index < -0.39 is 12.0 Å². The van der Waals surface area contributed by atoms with Crippen molar-refractivity contribution in [2.45, 2.75) is 25.0 Å². The number of hydrogen-bond acceptors (Lipinski definition) is 6. The minimum atomic E-state index is -2.13. The molecule has 3 saturated heterocycles. The number of phenolic OH excluding ortho intramolecular Hbond substituents is 2. The van der Waals surface area contributed by atoms with Crippen LogP contribution >= 0.6 is 0 Å². The Bertz CT molecular complexity index is 700. The van der Waals surface area contributed by atoms with Crippen molar-refractivity contribution in [1.82, 2.24) is 5.32 Å². The Morgan fingerprint density at radius 3 is 2.88 bits per heavy atom. The van der Waals surface area contributed by atoms with E-state index in [2.05, 4.69) is 5.32 Å². The zero-order valence-corrected chi connectivity index (χ0v) is 12.9. The molecule has 1 amide bonds. The Hall–Kier alpha value is -2.09. The van der Waals surface area contributed by atoms with Crippen LogP contribution in [0.2, 0.25) is 0 Å². The van der Waals surface area contributed by atoms with Crippen LogP contribution in [-0.2, 0) is 14.3 Å². The fourth-order valence-electron chi connectivity index (χ4n) is 3.78. The number of amides is 1. The van der Waals surface area contributed by atoms with Gasteiger partial charge in [0.2, 0.25) is 5.91 Å². The molecule has 7 nitrogen and oxygen atoms in total. The quantitative estimate of drug-likeness (QED) is 0.372. The number of ether oxygens (including phenoxy) is 2. The van der Waals surface area contributed by atoms with E-state index >= 15 is 0 Å². The average molecular weight is 333 g/mol. The molecule has 5 unspecified atom stereocenters. The van der Waals surface area contributed by atoms with E-state index in [1.807, 2.05) is 0 Å². The summed E-state index contributed by atoms with van der Waals surface area (Å²) >= 11 is 0. The first-order valence-electron chi connectivity index (χ1n) is 8.00. The van der Waals surface area contributed by atoms with Gasteiger partial charge >= 0.3 is 6.10 Å². The summed E-state index contributed by atoms with van der Waals surface area (Å²) in [5.74, 6) is 0.779. The van der Waals surface area contributed by atoms with Gasteiger partial charge in [0.25, 0.3) is 0 Å². The summed E-state index contributed by atoms with van der Waals surface area (Å²) in [4.78, 5) is 12.0. The van der Waals surface area contributed by atoms with Gasteiger partial charge in [-0.3, -0.25) is 10.1 Å². The van der Waals surface area contributed by atoms with Crippen molar-refractivity contribution in [1.29, 1.82) is 0 Å². The van der Waals surface area contributed by atoms with Crippen LogP contribution in [0.4, 0.5) is 0 Å². The molecule has 128 valence electrons. The van der Waals surface area contributed by atoms with E-state index in [-0.39, 0.29) is 23.2 Å². The summed E-state index contributed by atoms with van der Waals surface area (Å²) in [6, 6.07) is 3.97. The molecule has 1 aromatic carbocycles. The first-order valence-corrected chi connectivity index (χ1v) is 8.00. The maximum atomic E-state index is 12.0. The lowest BCUT2D eigenvalue weighted by Crippen LogP contribution is -2.66. The van der Waals surface area contributed by atoms with E-state index in [1.165, 1.54) is 24.3 Å². The molecular weight excluding hydrogens is 314 g/mol. The smallest absolute Gasteiger partial charge is 0.374 e. The van der Waals surface area contributed by atoms with Gasteiger partial charge in [-0.1, -0.05) is 0 Å². The van der Waals surface area contributed by atoms with Crippen molar-refractivity contribution >= 4 is 12.0 Å². The summed E-state index contributed by atoms with van der Waals surface area (Å²) in [5.41, 5.74) is 0.278. The highest BCUT2D eigenvalue weighted by Crippen LogP contribution is 2.57. The van der Waals surface area contributed by atoms with Crippen molar-refractivity contribution in [3.8, 4) is 11.5 Å². The van der Waals surface area contributed by atoms with Gasteiger partial charge in [-0.25, -0.2) is 0 Å². The average Bonchev–Trinajstić information content (AvgIpc) is 2.50. The molecule has 5 aliphatic rings. The van der Waals surface area contributed by atoms with Crippen LogP contribution < -0.4 is 5.32 Å². The molecule has 3 heterocycles. The fourth-order valence-corrected chi connectivity index (χ4v) is 3.78. The third kappa shape index (κ3) is 2.64. The van der Waals surface area contributed by atoms with Crippen molar-refractivity contribution in [3.05, 3.63) is 29.8 Å². The standard InChI is InChI=1S/C17H19NO6/c19-11-2-3-14(20)9(5-11)1-4-16(21)18-17(22)23-8-10-6-13-12(10)7-15(13)24-17/h1-5,10,12-13,15,19-20,22H,6-8H2,(H,18,21)/b4-1-. The van der Waals surface area contributed by atoms with Gasteiger partial charge in [0.05, 0.1) is 12.7 Å². The van der Waals surface area contributed by atoms with Gasteiger partial charge in [-0.15, -0.1) is 0 Å². The zero-order chi connectivity index (χ0) is 16.9. The number of carbonyl (C=O) groups is 1. The second-order valence-electron chi connectivity index (χ2n) is 6.67. The van der Waals surface area contributed by atoms with E-state index in [0.717, 1.165) is 18.9 Å². The molecule has 5 atom stereocenters. The topological polar surface area (TPSA) is 108 Å². The monoisotopic (exact) mass is 333 g/mol. The number of hydrogen-bond donors (Lipinski definition) is 4. The SMILES string of the molecule is O=C(/C=C\c1cc(O)ccc1O)NC1(O)OCC2CC3C(CC23)O1. The lowest BCUT2D eigenvalue weighted by molar-refractivity contribution is -0.435. The van der Waals surface area contributed by atoms with Crippen molar-refractivity contribution in [2.75, 3.05) is 6.61 Å². The first-order chi connectivity index (χ1) is 11.4. The predicted octanol–water partition coefficient (Wildman–Crippen LogP) is 0.902. The molecule has 1 aromatic rings. The Kier molecular flexibility index (Phi) is 3.52. The lowest BCUT2D eigenvalue weighted by atomic mass is 9.51. The third-order valence-corrected chi connectivity index (χ3v) is 5.22. The highest BCUT2D eigenvalue weighted by Gasteiger charge is 2.59. The zero-order valence-electron chi connectivity index (χ0n) is 12.9. The second kappa shape index (κ2) is 5.47. The van der Waals surface area contributed by atoms with E-state index in [1.54, 1.807) is 0 Å². The molecule has 3 aliphatic heterocycles. The number of aliphatic hydroxyl groups is 1. The van der Waals surface area contributed by atoms with Gasteiger partial charge in [0.15, 0.2) is 0 Å². The molecule has 24 heavy (non-hydrogen) atoms. The number of phenols is 2. The Morgan fingerprint density at radius 1 is 1.29 bits per heavy atom. The van der Waals surface area contributed by atoms with Crippen molar-refractivity contribution < 1.29 is 29.6 Å². The lowest BCUT2D eigenvalue weighted by Gasteiger charge is -2.60. The third-order valence-electron chi connectivity index (χ3n) is 5.22. The fraction of sp³-hybridized carbons (Fsp3) is 0.471. The number of nitrogens with one attached hydrogen (secondary N) is 1. The summed E-state index contributed by atoms with van der Waals surface area (Å²) < 4.78 is 10.9. The largest absolute Gasteiger partial charge is 0.508 e. The van der Waals surface area contributed by atoms with E-state index in [4.69, 9.17) is 9.47 Å². The van der Waals surface area contributed by atoms with Crippen LogP contribution in [0.1, 0.15) is 18.4 Å². The van der Waals surface area contributed by atoms with Crippen LogP contribution in [0.3, 0.4) is 0 Å². The molecule has 0 aromatic heterocycles. The number of carbonyl (C=O) groups excluding carboxylic acids is 1. The van der Waals surface area contributed by atoms with Crippen LogP contribution in [0.25, 0.3) is 6.08 Å². The normalized spacial score (nSPS) is 37.0. The number of rotatable bonds is 3. The van der Waals surface area contributed by atoms with Crippen molar-refractivity contribution in [3.63, 3.8) is 0 Å². The molecule has 0 spiro atoms. The summed E-state index contributed by atoms with van der Waals surface area (Å²) in [5, 5.41) is 31.8. The van der Waals surface area contributed by atoms with Gasteiger partial charge in [0, 0.05) is 11.6 Å². The number of aromatic hydroxyl groups is 2. The first kappa shape index (κ1) is 15.4. The highest BCUT2D eigenvalue weighted by molar-refractivity contribution is 5.92. The van der Waals surface area contributed by atoms with E-state index in [9.17, 15) is 20.1 Å². The Balaban J connectivity index is 1.41. The minimum Gasteiger partial charge on any atom is -0.508 e. The Labute approximate surface area is 138 Å². The van der Waals surface area contributed by atoms with Gasteiger partial charge < -0.3 is 24.8 Å². The molecule has 0 radical (unpaired) electrons. The van der Waals surface area contributed by atoms with E-state index in [0.29, 0.717) is 24.4 Å². The van der Waals surface area contributed by atoms with Crippen LogP contribution in [0.5, 0.6) is 11.5 Å². The molecular formula is C17H19NO6. The van der Waals surface area contributed by atoms with Crippen LogP contribution in [0.15, 0.2) is 24.3 Å². The van der Waals surface area contributed by atoms with Crippen LogP contribution in [-0.4, -0.2) is 40.0 Å². The summed E-state index contributed by atoms with van der Waals surface area (Å²) in [7, 11) is 0. The molecule has 2 aliphatic carbocycles. The highest BCUT2D eigenvalue weighted by atomic mass is 16.8. The molecule has 2 saturated carbocycles.